The summed E-state index contributed by atoms with van der Waals surface area (Å²) in [6.07, 6.45) is 2.01. The molecule has 2 aromatic rings. The minimum absolute atomic E-state index is 0.131. The van der Waals surface area contributed by atoms with E-state index in [0.717, 1.165) is 25.9 Å². The van der Waals surface area contributed by atoms with Crippen molar-refractivity contribution >= 4 is 29.3 Å². The van der Waals surface area contributed by atoms with Crippen LogP contribution in [-0.4, -0.2) is 48.1 Å². The lowest BCUT2D eigenvalue weighted by Gasteiger charge is -2.32. The van der Waals surface area contributed by atoms with Gasteiger partial charge in [-0.1, -0.05) is 6.92 Å². The third-order valence-corrected chi connectivity index (χ3v) is 6.02. The van der Waals surface area contributed by atoms with Gasteiger partial charge < -0.3 is 25.0 Å². The molecular weight excluding hydrogens is 414 g/mol. The number of carbonyl (C=O) groups is 2. The van der Waals surface area contributed by atoms with Gasteiger partial charge in [0.15, 0.2) is 11.5 Å². The van der Waals surface area contributed by atoms with Gasteiger partial charge in [-0.15, -0.1) is 0 Å². The number of hydrogen-bond donors (Lipinski definition) is 3. The molecule has 0 aliphatic carbocycles. The van der Waals surface area contributed by atoms with Crippen molar-refractivity contribution in [2.75, 3.05) is 41.8 Å². The van der Waals surface area contributed by atoms with Gasteiger partial charge >= 0.3 is 0 Å². The Hall–Kier alpha value is -3.56. The molecule has 3 aliphatic heterocycles. The Labute approximate surface area is 184 Å². The van der Waals surface area contributed by atoms with E-state index in [1.807, 2.05) is 4.90 Å². The zero-order valence-electron chi connectivity index (χ0n) is 17.8. The van der Waals surface area contributed by atoms with Gasteiger partial charge in [0.2, 0.25) is 17.8 Å². The van der Waals surface area contributed by atoms with Gasteiger partial charge in [-0.25, -0.2) is 0 Å². The van der Waals surface area contributed by atoms with Crippen LogP contribution in [0.25, 0.3) is 0 Å². The van der Waals surface area contributed by atoms with Gasteiger partial charge in [0, 0.05) is 31.3 Å². The summed E-state index contributed by atoms with van der Waals surface area (Å²) in [5.41, 5.74) is 0.258. The molecular formula is C22H25N5O5. The quantitative estimate of drug-likeness (QED) is 0.666. The number of amides is 2. The molecule has 3 N–H and O–H groups in total. The fraction of sp³-hybridized carbons (Fsp3) is 0.455. The third kappa shape index (κ3) is 3.88. The second-order valence-corrected chi connectivity index (χ2v) is 8.50. The second-order valence-electron chi connectivity index (χ2n) is 8.50. The van der Waals surface area contributed by atoms with E-state index in [1.54, 1.807) is 18.2 Å². The fourth-order valence-electron chi connectivity index (χ4n) is 4.47. The maximum absolute atomic E-state index is 13.1. The number of piperidine rings is 1. The lowest BCUT2D eigenvalue weighted by Crippen LogP contribution is -2.40. The standard InChI is InChI=1S/C22H25N5O5/c1-12-3-2-6-27(11-12)22-25-19-18(21(30)26-22)14(10-17(28)24-19)20(29)23-13-4-5-15-16(9-13)32-8-7-31-15/h4-5,9,12,14H,2-3,6-8,10-11H2,1H3,(H,23,29)(H2,24,25,26,28,30). The molecule has 1 saturated heterocycles. The minimum atomic E-state index is -0.947. The highest BCUT2D eigenvalue weighted by molar-refractivity contribution is 6.04. The van der Waals surface area contributed by atoms with E-state index < -0.39 is 17.4 Å². The predicted molar refractivity (Wildman–Crippen MR) is 118 cm³/mol. The van der Waals surface area contributed by atoms with Crippen molar-refractivity contribution in [2.24, 2.45) is 5.92 Å². The zero-order chi connectivity index (χ0) is 22.2. The Morgan fingerprint density at radius 2 is 2.03 bits per heavy atom. The first-order valence-electron chi connectivity index (χ1n) is 10.9. The summed E-state index contributed by atoms with van der Waals surface area (Å²) in [5, 5.41) is 5.46. The topological polar surface area (TPSA) is 126 Å². The molecule has 10 nitrogen and oxygen atoms in total. The summed E-state index contributed by atoms with van der Waals surface area (Å²) in [6.45, 7) is 4.63. The average molecular weight is 439 g/mol. The maximum atomic E-state index is 13.1. The first kappa shape index (κ1) is 20.3. The first-order chi connectivity index (χ1) is 15.5. The highest BCUT2D eigenvalue weighted by Crippen LogP contribution is 2.34. The Morgan fingerprint density at radius 1 is 1.22 bits per heavy atom. The van der Waals surface area contributed by atoms with E-state index in [0.29, 0.717) is 42.3 Å². The van der Waals surface area contributed by atoms with E-state index >= 15 is 0 Å². The molecule has 168 valence electrons. The Morgan fingerprint density at radius 3 is 2.84 bits per heavy atom. The van der Waals surface area contributed by atoms with Crippen LogP contribution in [0.4, 0.5) is 17.5 Å². The number of H-pyrrole nitrogens is 1. The summed E-state index contributed by atoms with van der Waals surface area (Å²) in [7, 11) is 0. The van der Waals surface area contributed by atoms with Crippen LogP contribution in [0.3, 0.4) is 0 Å². The molecule has 0 spiro atoms. The summed E-state index contributed by atoms with van der Waals surface area (Å²) < 4.78 is 11.0. The smallest absolute Gasteiger partial charge is 0.258 e. The van der Waals surface area contributed by atoms with Crippen molar-refractivity contribution in [3.05, 3.63) is 34.1 Å². The van der Waals surface area contributed by atoms with E-state index in [4.69, 9.17) is 9.47 Å². The van der Waals surface area contributed by atoms with Crippen molar-refractivity contribution in [3.63, 3.8) is 0 Å². The zero-order valence-corrected chi connectivity index (χ0v) is 17.8. The summed E-state index contributed by atoms with van der Waals surface area (Å²) in [6, 6.07) is 5.07. The molecule has 0 saturated carbocycles. The lowest BCUT2D eigenvalue weighted by atomic mass is 9.92. The number of carbonyl (C=O) groups excluding carboxylic acids is 2. The van der Waals surface area contributed by atoms with Crippen molar-refractivity contribution in [1.29, 1.82) is 0 Å². The molecule has 32 heavy (non-hydrogen) atoms. The first-order valence-corrected chi connectivity index (χ1v) is 10.9. The minimum Gasteiger partial charge on any atom is -0.486 e. The Kier molecular flexibility index (Phi) is 5.20. The van der Waals surface area contributed by atoms with Crippen LogP contribution >= 0.6 is 0 Å². The molecule has 2 unspecified atom stereocenters. The predicted octanol–water partition coefficient (Wildman–Crippen LogP) is 1.84. The maximum Gasteiger partial charge on any atom is 0.258 e. The number of anilines is 3. The lowest BCUT2D eigenvalue weighted by molar-refractivity contribution is -0.123. The van der Waals surface area contributed by atoms with Gasteiger partial charge in [0.05, 0.1) is 11.5 Å². The average Bonchev–Trinajstić information content (AvgIpc) is 2.78. The fourth-order valence-corrected chi connectivity index (χ4v) is 4.47. The van der Waals surface area contributed by atoms with Crippen LogP contribution in [0.2, 0.25) is 0 Å². The van der Waals surface area contributed by atoms with Crippen molar-refractivity contribution in [3.8, 4) is 11.5 Å². The van der Waals surface area contributed by atoms with Gasteiger partial charge in [-0.05, 0) is 30.9 Å². The highest BCUT2D eigenvalue weighted by Gasteiger charge is 2.35. The normalized spacial score (nSPS) is 22.0. The summed E-state index contributed by atoms with van der Waals surface area (Å²) in [4.78, 5) is 47.7. The monoisotopic (exact) mass is 439 g/mol. The van der Waals surface area contributed by atoms with E-state index in [1.165, 1.54) is 0 Å². The van der Waals surface area contributed by atoms with Crippen LogP contribution in [0.5, 0.6) is 11.5 Å². The highest BCUT2D eigenvalue weighted by atomic mass is 16.6. The number of hydrogen-bond acceptors (Lipinski definition) is 7. The Balaban J connectivity index is 1.42. The number of nitrogens with one attached hydrogen (secondary N) is 3. The van der Waals surface area contributed by atoms with Crippen molar-refractivity contribution in [2.45, 2.75) is 32.1 Å². The van der Waals surface area contributed by atoms with Gasteiger partial charge in [0.25, 0.3) is 5.56 Å². The second kappa shape index (κ2) is 8.18. The number of benzene rings is 1. The summed E-state index contributed by atoms with van der Waals surface area (Å²) in [5.74, 6) is 0.462. The SMILES string of the molecule is CC1CCCN(c2nc3c(c(=O)[nH]2)C(C(=O)Nc2ccc4c(c2)OCCO4)CC(=O)N3)C1. The Bertz CT molecular complexity index is 1130. The third-order valence-electron chi connectivity index (χ3n) is 6.02. The molecule has 0 radical (unpaired) electrons. The molecule has 1 aromatic carbocycles. The number of rotatable bonds is 3. The van der Waals surface area contributed by atoms with E-state index in [2.05, 4.69) is 27.5 Å². The van der Waals surface area contributed by atoms with E-state index in [-0.39, 0.29) is 23.7 Å². The van der Waals surface area contributed by atoms with Crippen LogP contribution in [0.1, 0.15) is 37.7 Å². The van der Waals surface area contributed by atoms with Crippen LogP contribution in [0.15, 0.2) is 23.0 Å². The molecule has 3 aliphatic rings. The number of nitrogens with zero attached hydrogens (tertiary/aromatic N) is 2. The molecule has 10 heteroatoms. The number of fused-ring (bicyclic) bond motifs is 2. The largest absolute Gasteiger partial charge is 0.486 e. The number of aromatic nitrogens is 2. The number of ether oxygens (including phenoxy) is 2. The van der Waals surface area contributed by atoms with Gasteiger partial charge in [-0.3, -0.25) is 19.4 Å². The molecule has 2 amide bonds. The van der Waals surface area contributed by atoms with Crippen LogP contribution < -0.4 is 30.6 Å². The van der Waals surface area contributed by atoms with Crippen LogP contribution in [-0.2, 0) is 9.59 Å². The molecule has 1 fully saturated rings. The van der Waals surface area contributed by atoms with Crippen molar-refractivity contribution in [1.82, 2.24) is 9.97 Å². The van der Waals surface area contributed by atoms with Crippen LogP contribution in [0, 0.1) is 5.92 Å². The molecule has 1 aromatic heterocycles. The van der Waals surface area contributed by atoms with E-state index in [9.17, 15) is 14.4 Å². The summed E-state index contributed by atoms with van der Waals surface area (Å²) >= 11 is 0. The molecule has 5 rings (SSSR count). The molecule has 2 atom stereocenters. The van der Waals surface area contributed by atoms with Crippen molar-refractivity contribution < 1.29 is 19.1 Å². The van der Waals surface area contributed by atoms with Gasteiger partial charge in [-0.2, -0.15) is 4.98 Å². The van der Waals surface area contributed by atoms with Gasteiger partial charge in [0.1, 0.15) is 19.0 Å². The molecule has 0 bridgehead atoms. The molecule has 4 heterocycles. The number of aromatic amines is 1.